The Morgan fingerprint density at radius 3 is 2.88 bits per heavy atom. The van der Waals surface area contributed by atoms with Gasteiger partial charge in [-0.15, -0.1) is 5.10 Å². The monoisotopic (exact) mass is 219 g/mol. The molecule has 0 saturated heterocycles. The Hall–Kier alpha value is -1.95. The van der Waals surface area contributed by atoms with Crippen molar-refractivity contribution in [2.24, 2.45) is 12.8 Å². The van der Waals surface area contributed by atoms with Crippen molar-refractivity contribution >= 4 is 0 Å². The zero-order valence-electron chi connectivity index (χ0n) is 9.16. The molecule has 84 valence electrons. The van der Waals surface area contributed by atoms with Gasteiger partial charge in [-0.1, -0.05) is 6.07 Å². The zero-order chi connectivity index (χ0) is 11.5. The molecule has 0 spiro atoms. The fourth-order valence-electron chi connectivity index (χ4n) is 1.29. The van der Waals surface area contributed by atoms with Gasteiger partial charge in [0.25, 0.3) is 0 Å². The van der Waals surface area contributed by atoms with Crippen molar-refractivity contribution in [2.45, 2.75) is 13.0 Å². The second kappa shape index (κ2) is 4.28. The summed E-state index contributed by atoms with van der Waals surface area (Å²) in [5.74, 6) is 0.448. The van der Waals surface area contributed by atoms with Gasteiger partial charge in [-0.05, 0) is 13.0 Å². The van der Waals surface area contributed by atoms with Crippen LogP contribution in [0.4, 0.5) is 0 Å². The van der Waals surface area contributed by atoms with Crippen LogP contribution in [0.3, 0.4) is 0 Å². The maximum Gasteiger partial charge on any atom is 0.342 e. The van der Waals surface area contributed by atoms with E-state index in [9.17, 15) is 0 Å². The van der Waals surface area contributed by atoms with Crippen LogP contribution in [0.15, 0.2) is 24.7 Å². The van der Waals surface area contributed by atoms with Crippen molar-refractivity contribution in [3.8, 4) is 11.9 Å². The molecule has 2 rings (SSSR count). The van der Waals surface area contributed by atoms with Crippen LogP contribution in [0.1, 0.15) is 18.5 Å². The number of aryl methyl sites for hydroxylation is 1. The highest BCUT2D eigenvalue weighted by atomic mass is 16.5. The van der Waals surface area contributed by atoms with Gasteiger partial charge in [0.1, 0.15) is 6.33 Å². The summed E-state index contributed by atoms with van der Waals surface area (Å²) in [6, 6.07) is 3.81. The van der Waals surface area contributed by atoms with Crippen molar-refractivity contribution in [3.05, 3.63) is 30.2 Å². The van der Waals surface area contributed by atoms with Gasteiger partial charge in [0.2, 0.25) is 5.88 Å². The predicted molar refractivity (Wildman–Crippen MR) is 57.9 cm³/mol. The molecule has 0 unspecified atom stereocenters. The van der Waals surface area contributed by atoms with Gasteiger partial charge < -0.3 is 10.5 Å². The first kappa shape index (κ1) is 10.6. The predicted octanol–water partition coefficient (Wildman–Crippen LogP) is 1.02. The molecule has 0 amide bonds. The van der Waals surface area contributed by atoms with Crippen LogP contribution in [0.2, 0.25) is 0 Å². The number of ether oxygens (including phenoxy) is 1. The first-order valence-electron chi connectivity index (χ1n) is 4.91. The summed E-state index contributed by atoms with van der Waals surface area (Å²) < 4.78 is 7.02. The highest BCUT2D eigenvalue weighted by molar-refractivity contribution is 5.29. The van der Waals surface area contributed by atoms with Crippen molar-refractivity contribution < 1.29 is 4.74 Å². The maximum atomic E-state index is 5.81. The molecule has 6 heteroatoms. The summed E-state index contributed by atoms with van der Waals surface area (Å²) in [7, 11) is 1.77. The van der Waals surface area contributed by atoms with Crippen LogP contribution in [0.25, 0.3) is 0 Å². The number of nitrogens with zero attached hydrogens (tertiary/aromatic N) is 4. The molecule has 2 N–H and O–H groups in total. The normalized spacial score (nSPS) is 12.4. The Morgan fingerprint density at radius 2 is 2.25 bits per heavy atom. The van der Waals surface area contributed by atoms with Gasteiger partial charge in [-0.3, -0.25) is 4.68 Å². The maximum absolute atomic E-state index is 5.81. The first-order valence-corrected chi connectivity index (χ1v) is 4.91. The van der Waals surface area contributed by atoms with E-state index >= 15 is 0 Å². The quantitative estimate of drug-likeness (QED) is 0.833. The second-order valence-corrected chi connectivity index (χ2v) is 3.49. The van der Waals surface area contributed by atoms with Crippen LogP contribution in [0.5, 0.6) is 11.9 Å². The van der Waals surface area contributed by atoms with Crippen LogP contribution < -0.4 is 10.5 Å². The van der Waals surface area contributed by atoms with E-state index < -0.39 is 0 Å². The van der Waals surface area contributed by atoms with E-state index in [2.05, 4.69) is 15.1 Å². The minimum atomic E-state index is -0.146. The lowest BCUT2D eigenvalue weighted by Crippen LogP contribution is -2.07. The lowest BCUT2D eigenvalue weighted by Gasteiger charge is -2.09. The standard InChI is InChI=1S/C10H13N5O/c1-7(11)8-4-3-5-12-9(8)16-10-13-6-15(2)14-10/h3-7H,11H2,1-2H3/t7-/m1/s1. The number of hydrogen-bond donors (Lipinski definition) is 1. The fraction of sp³-hybridized carbons (Fsp3) is 0.300. The van der Waals surface area contributed by atoms with Gasteiger partial charge in [-0.25, -0.2) is 4.98 Å². The summed E-state index contributed by atoms with van der Waals surface area (Å²) in [5, 5.41) is 4.01. The van der Waals surface area contributed by atoms with E-state index in [1.54, 1.807) is 24.3 Å². The smallest absolute Gasteiger partial charge is 0.342 e. The Kier molecular flexibility index (Phi) is 2.82. The van der Waals surface area contributed by atoms with Gasteiger partial charge in [0.15, 0.2) is 0 Å². The molecule has 0 aliphatic rings. The Bertz CT molecular complexity index is 480. The third-order valence-electron chi connectivity index (χ3n) is 2.06. The average molecular weight is 219 g/mol. The van der Waals surface area contributed by atoms with Gasteiger partial charge in [0.05, 0.1) is 0 Å². The summed E-state index contributed by atoms with van der Waals surface area (Å²) in [5.41, 5.74) is 6.64. The van der Waals surface area contributed by atoms with Crippen LogP contribution in [-0.4, -0.2) is 19.7 Å². The van der Waals surface area contributed by atoms with Crippen LogP contribution >= 0.6 is 0 Å². The Morgan fingerprint density at radius 1 is 1.44 bits per heavy atom. The molecule has 2 aromatic rings. The van der Waals surface area contributed by atoms with E-state index in [0.717, 1.165) is 5.56 Å². The molecule has 1 atom stereocenters. The van der Waals surface area contributed by atoms with E-state index in [-0.39, 0.29) is 12.1 Å². The first-order chi connectivity index (χ1) is 7.66. The molecule has 2 heterocycles. The minimum absolute atomic E-state index is 0.146. The van der Waals surface area contributed by atoms with E-state index in [1.807, 2.05) is 19.1 Å². The second-order valence-electron chi connectivity index (χ2n) is 3.49. The summed E-state index contributed by atoms with van der Waals surface area (Å²) >= 11 is 0. The molecule has 2 aromatic heterocycles. The highest BCUT2D eigenvalue weighted by Crippen LogP contribution is 2.23. The Labute approximate surface area is 93.1 Å². The molecule has 6 nitrogen and oxygen atoms in total. The van der Waals surface area contributed by atoms with Crippen LogP contribution in [0, 0.1) is 0 Å². The number of rotatable bonds is 3. The molecule has 0 radical (unpaired) electrons. The fourth-order valence-corrected chi connectivity index (χ4v) is 1.29. The third-order valence-corrected chi connectivity index (χ3v) is 2.06. The molecule has 0 aromatic carbocycles. The third kappa shape index (κ3) is 2.17. The van der Waals surface area contributed by atoms with E-state index in [4.69, 9.17) is 10.5 Å². The van der Waals surface area contributed by atoms with E-state index in [0.29, 0.717) is 5.88 Å². The van der Waals surface area contributed by atoms with Crippen molar-refractivity contribution in [1.82, 2.24) is 19.7 Å². The lowest BCUT2D eigenvalue weighted by molar-refractivity contribution is 0.414. The van der Waals surface area contributed by atoms with E-state index in [1.165, 1.54) is 0 Å². The molecular weight excluding hydrogens is 206 g/mol. The molecule has 0 aliphatic carbocycles. The topological polar surface area (TPSA) is 78.9 Å². The number of pyridine rings is 1. The highest BCUT2D eigenvalue weighted by Gasteiger charge is 2.11. The van der Waals surface area contributed by atoms with Gasteiger partial charge in [0, 0.05) is 24.8 Å². The average Bonchev–Trinajstić information content (AvgIpc) is 2.64. The molecule has 0 saturated carbocycles. The SMILES string of the molecule is C[C@@H](N)c1cccnc1Oc1ncn(C)n1. The Balaban J connectivity index is 2.27. The molecule has 0 fully saturated rings. The number of hydrogen-bond acceptors (Lipinski definition) is 5. The van der Waals surface area contributed by atoms with Crippen LogP contribution in [-0.2, 0) is 7.05 Å². The summed E-state index contributed by atoms with van der Waals surface area (Å²) in [4.78, 5) is 8.07. The number of aromatic nitrogens is 4. The van der Waals surface area contributed by atoms with Crippen molar-refractivity contribution in [3.63, 3.8) is 0 Å². The van der Waals surface area contributed by atoms with Crippen molar-refractivity contribution in [1.29, 1.82) is 0 Å². The molecular formula is C10H13N5O. The minimum Gasteiger partial charge on any atom is -0.404 e. The zero-order valence-corrected chi connectivity index (χ0v) is 9.16. The van der Waals surface area contributed by atoms with Crippen molar-refractivity contribution in [2.75, 3.05) is 0 Å². The van der Waals surface area contributed by atoms with Gasteiger partial charge >= 0.3 is 6.01 Å². The molecule has 0 bridgehead atoms. The van der Waals surface area contributed by atoms with Gasteiger partial charge in [-0.2, -0.15) is 4.98 Å². The largest absolute Gasteiger partial charge is 0.404 e. The molecule has 0 aliphatic heterocycles. The number of nitrogens with two attached hydrogens (primary N) is 1. The summed E-state index contributed by atoms with van der Waals surface area (Å²) in [6.07, 6.45) is 3.20. The molecule has 16 heavy (non-hydrogen) atoms. The lowest BCUT2D eigenvalue weighted by atomic mass is 10.1. The summed E-state index contributed by atoms with van der Waals surface area (Å²) in [6.45, 7) is 1.87.